The summed E-state index contributed by atoms with van der Waals surface area (Å²) in [5.41, 5.74) is 0. The maximum Gasteiger partial charge on any atom is 0.392 e. The van der Waals surface area contributed by atoms with Crippen LogP contribution in [0.25, 0.3) is 0 Å². The molecule has 0 heterocycles. The molecule has 0 amide bonds. The van der Waals surface area contributed by atoms with Gasteiger partial charge in [0.05, 0.1) is 5.92 Å². The standard InChI is InChI=1S/C13H24F3N/c1-3-4-9-12(17-2)10-7-5-6-8-11(10)13(14,15)16/h10-12,17H,3-9H2,1-2H3. The summed E-state index contributed by atoms with van der Waals surface area (Å²) < 4.78 is 38.9. The first kappa shape index (κ1) is 14.8. The number of halogens is 3. The summed E-state index contributed by atoms with van der Waals surface area (Å²) in [6.45, 7) is 2.08. The molecule has 17 heavy (non-hydrogen) atoms. The number of unbranched alkanes of at least 4 members (excludes halogenated alkanes) is 1. The lowest BCUT2D eigenvalue weighted by molar-refractivity contribution is -0.199. The molecule has 0 spiro atoms. The van der Waals surface area contributed by atoms with Gasteiger partial charge in [-0.2, -0.15) is 13.2 Å². The lowest BCUT2D eigenvalue weighted by Gasteiger charge is -2.38. The summed E-state index contributed by atoms with van der Waals surface area (Å²) >= 11 is 0. The van der Waals surface area contributed by atoms with Crippen LogP contribution < -0.4 is 5.32 Å². The third kappa shape index (κ3) is 4.16. The van der Waals surface area contributed by atoms with Crippen LogP contribution in [0.3, 0.4) is 0 Å². The monoisotopic (exact) mass is 251 g/mol. The van der Waals surface area contributed by atoms with Crippen molar-refractivity contribution in [3.8, 4) is 0 Å². The van der Waals surface area contributed by atoms with Crippen molar-refractivity contribution in [2.24, 2.45) is 11.8 Å². The molecule has 1 N–H and O–H groups in total. The van der Waals surface area contributed by atoms with Crippen LogP contribution in [0.1, 0.15) is 51.9 Å². The van der Waals surface area contributed by atoms with Gasteiger partial charge in [0.2, 0.25) is 0 Å². The molecule has 0 radical (unpaired) electrons. The molecule has 4 heteroatoms. The van der Waals surface area contributed by atoms with Gasteiger partial charge in [0.15, 0.2) is 0 Å². The summed E-state index contributed by atoms with van der Waals surface area (Å²) in [6, 6.07) is 0.0295. The smallest absolute Gasteiger partial charge is 0.317 e. The molecule has 0 aromatic heterocycles. The van der Waals surface area contributed by atoms with E-state index in [9.17, 15) is 13.2 Å². The van der Waals surface area contributed by atoms with E-state index in [1.807, 2.05) is 0 Å². The number of alkyl halides is 3. The average molecular weight is 251 g/mol. The van der Waals surface area contributed by atoms with E-state index in [2.05, 4.69) is 12.2 Å². The minimum absolute atomic E-state index is 0.0295. The Morgan fingerprint density at radius 1 is 1.24 bits per heavy atom. The van der Waals surface area contributed by atoms with Crippen LogP contribution in [0.15, 0.2) is 0 Å². The summed E-state index contributed by atoms with van der Waals surface area (Å²) in [5, 5.41) is 3.11. The largest absolute Gasteiger partial charge is 0.392 e. The Hall–Kier alpha value is -0.250. The van der Waals surface area contributed by atoms with E-state index >= 15 is 0 Å². The third-order valence-corrected chi connectivity index (χ3v) is 4.00. The number of hydrogen-bond acceptors (Lipinski definition) is 1. The molecule has 1 nitrogen and oxygen atoms in total. The van der Waals surface area contributed by atoms with Crippen molar-refractivity contribution in [3.63, 3.8) is 0 Å². The van der Waals surface area contributed by atoms with Crippen LogP contribution in [-0.4, -0.2) is 19.3 Å². The van der Waals surface area contributed by atoms with Gasteiger partial charge in [-0.1, -0.05) is 32.6 Å². The second-order valence-corrected chi connectivity index (χ2v) is 5.13. The normalized spacial score (nSPS) is 28.1. The Bertz CT molecular complexity index is 215. The molecule has 0 aromatic carbocycles. The predicted octanol–water partition coefficient (Wildman–Crippen LogP) is 4.13. The summed E-state index contributed by atoms with van der Waals surface area (Å²) in [7, 11) is 1.79. The zero-order chi connectivity index (χ0) is 12.9. The van der Waals surface area contributed by atoms with Crippen molar-refractivity contribution < 1.29 is 13.2 Å². The van der Waals surface area contributed by atoms with Crippen LogP contribution in [0.5, 0.6) is 0 Å². The molecule has 0 aromatic rings. The van der Waals surface area contributed by atoms with Crippen LogP contribution in [0, 0.1) is 11.8 Å². The van der Waals surface area contributed by atoms with Crippen LogP contribution >= 0.6 is 0 Å². The van der Waals surface area contributed by atoms with Gasteiger partial charge in [-0.05, 0) is 32.2 Å². The van der Waals surface area contributed by atoms with Crippen molar-refractivity contribution in [3.05, 3.63) is 0 Å². The minimum atomic E-state index is -4.02. The highest BCUT2D eigenvalue weighted by Gasteiger charge is 2.47. The Morgan fingerprint density at radius 3 is 2.41 bits per heavy atom. The van der Waals surface area contributed by atoms with Gasteiger partial charge in [0.25, 0.3) is 0 Å². The molecule has 1 saturated carbocycles. The van der Waals surface area contributed by atoms with Gasteiger partial charge >= 0.3 is 6.18 Å². The van der Waals surface area contributed by atoms with Crippen molar-refractivity contribution in [1.29, 1.82) is 0 Å². The van der Waals surface area contributed by atoms with E-state index in [1.165, 1.54) is 0 Å². The van der Waals surface area contributed by atoms with Crippen LogP contribution in [0.4, 0.5) is 13.2 Å². The molecule has 102 valence electrons. The average Bonchev–Trinajstić information content (AvgIpc) is 2.29. The van der Waals surface area contributed by atoms with Gasteiger partial charge in [-0.25, -0.2) is 0 Å². The van der Waals surface area contributed by atoms with Gasteiger partial charge < -0.3 is 5.32 Å². The second kappa shape index (κ2) is 6.62. The van der Waals surface area contributed by atoms with E-state index in [4.69, 9.17) is 0 Å². The molecule has 0 bridgehead atoms. The summed E-state index contributed by atoms with van der Waals surface area (Å²) in [4.78, 5) is 0. The highest BCUT2D eigenvalue weighted by atomic mass is 19.4. The van der Waals surface area contributed by atoms with E-state index in [-0.39, 0.29) is 12.0 Å². The van der Waals surface area contributed by atoms with Crippen molar-refractivity contribution in [2.45, 2.75) is 64.1 Å². The fourth-order valence-corrected chi connectivity index (χ4v) is 3.04. The van der Waals surface area contributed by atoms with Crippen LogP contribution in [-0.2, 0) is 0 Å². The molecule has 1 aliphatic carbocycles. The Kier molecular flexibility index (Phi) is 5.77. The topological polar surface area (TPSA) is 12.0 Å². The molecule has 1 rings (SSSR count). The quantitative estimate of drug-likeness (QED) is 0.774. The highest BCUT2D eigenvalue weighted by Crippen LogP contribution is 2.43. The highest BCUT2D eigenvalue weighted by molar-refractivity contribution is 4.87. The number of hydrogen-bond donors (Lipinski definition) is 1. The molecule has 0 aliphatic heterocycles. The van der Waals surface area contributed by atoms with E-state index in [0.717, 1.165) is 38.5 Å². The molecule has 1 fully saturated rings. The van der Waals surface area contributed by atoms with Gasteiger partial charge in [0.1, 0.15) is 0 Å². The second-order valence-electron chi connectivity index (χ2n) is 5.13. The van der Waals surface area contributed by atoms with Gasteiger partial charge in [-0.3, -0.25) is 0 Å². The number of nitrogens with one attached hydrogen (secondary N) is 1. The number of rotatable bonds is 5. The van der Waals surface area contributed by atoms with E-state index in [1.54, 1.807) is 7.05 Å². The lowest BCUT2D eigenvalue weighted by Crippen LogP contribution is -2.44. The van der Waals surface area contributed by atoms with Gasteiger partial charge in [-0.15, -0.1) is 0 Å². The fraction of sp³-hybridized carbons (Fsp3) is 1.00. The maximum absolute atomic E-state index is 13.0. The fourth-order valence-electron chi connectivity index (χ4n) is 3.04. The molecule has 3 unspecified atom stereocenters. The zero-order valence-corrected chi connectivity index (χ0v) is 10.8. The Labute approximate surface area is 102 Å². The molecular formula is C13H24F3N. The zero-order valence-electron chi connectivity index (χ0n) is 10.8. The molecular weight excluding hydrogens is 227 g/mol. The summed E-state index contributed by atoms with van der Waals surface area (Å²) in [5.74, 6) is -1.31. The van der Waals surface area contributed by atoms with E-state index in [0.29, 0.717) is 6.42 Å². The molecule has 3 atom stereocenters. The lowest BCUT2D eigenvalue weighted by atomic mass is 9.73. The van der Waals surface area contributed by atoms with E-state index < -0.39 is 12.1 Å². The molecule has 0 saturated heterocycles. The first-order valence-electron chi connectivity index (χ1n) is 6.74. The first-order chi connectivity index (χ1) is 8.00. The van der Waals surface area contributed by atoms with Crippen LogP contribution in [0.2, 0.25) is 0 Å². The minimum Gasteiger partial charge on any atom is -0.317 e. The first-order valence-corrected chi connectivity index (χ1v) is 6.74. The van der Waals surface area contributed by atoms with Crippen molar-refractivity contribution in [1.82, 2.24) is 5.32 Å². The SMILES string of the molecule is CCCCC(NC)C1CCCCC1C(F)(F)F. The van der Waals surface area contributed by atoms with Gasteiger partial charge in [0, 0.05) is 6.04 Å². The van der Waals surface area contributed by atoms with Crippen molar-refractivity contribution in [2.75, 3.05) is 7.05 Å². The molecule has 1 aliphatic rings. The Balaban J connectivity index is 2.68. The maximum atomic E-state index is 13.0. The Morgan fingerprint density at radius 2 is 1.88 bits per heavy atom. The van der Waals surface area contributed by atoms with Crippen molar-refractivity contribution >= 4 is 0 Å². The third-order valence-electron chi connectivity index (χ3n) is 4.00. The summed E-state index contributed by atoms with van der Waals surface area (Å²) in [6.07, 6.45) is 1.61. The predicted molar refractivity (Wildman–Crippen MR) is 63.9 cm³/mol.